The number of carbonyl (C=O) groups excluding carboxylic acids is 1. The number of amides is 1. The number of likely N-dealkylation sites (N-methyl/N-ethyl adjacent to an activating group) is 2. The lowest BCUT2D eigenvalue weighted by Crippen LogP contribution is -2.47. The van der Waals surface area contributed by atoms with Crippen LogP contribution >= 0.6 is 0 Å². The molecular formula is C14H26N2O4S. The van der Waals surface area contributed by atoms with E-state index in [-0.39, 0.29) is 29.6 Å². The standard InChI is InChI=1S/C14H26N2O4S/c1-3-16(12-4-5-21(19,20)10-12)14(18)9-15(2)8-11-6-13(17)7-11/h11-13,17H,3-10H2,1-2H3. The molecule has 0 aromatic heterocycles. The zero-order valence-corrected chi connectivity index (χ0v) is 13.7. The van der Waals surface area contributed by atoms with E-state index in [9.17, 15) is 18.3 Å². The first-order valence-electron chi connectivity index (χ1n) is 7.67. The Kier molecular flexibility index (Phi) is 5.27. The van der Waals surface area contributed by atoms with E-state index in [4.69, 9.17) is 0 Å². The number of sulfone groups is 1. The molecule has 0 aromatic carbocycles. The van der Waals surface area contributed by atoms with Crippen molar-refractivity contribution in [1.29, 1.82) is 0 Å². The van der Waals surface area contributed by atoms with Gasteiger partial charge in [0.25, 0.3) is 0 Å². The SMILES string of the molecule is CCN(C(=O)CN(C)CC1CC(O)C1)C1CCS(=O)(=O)C1. The molecule has 1 saturated carbocycles. The van der Waals surface area contributed by atoms with Crippen molar-refractivity contribution in [2.75, 3.05) is 38.2 Å². The maximum atomic E-state index is 12.4. The summed E-state index contributed by atoms with van der Waals surface area (Å²) in [5.41, 5.74) is 0. The maximum Gasteiger partial charge on any atom is 0.237 e. The van der Waals surface area contributed by atoms with Crippen LogP contribution in [-0.2, 0) is 14.6 Å². The van der Waals surface area contributed by atoms with Crippen molar-refractivity contribution >= 4 is 15.7 Å². The van der Waals surface area contributed by atoms with Gasteiger partial charge in [0.15, 0.2) is 9.84 Å². The highest BCUT2D eigenvalue weighted by atomic mass is 32.2. The molecule has 1 atom stereocenters. The number of aliphatic hydroxyl groups excluding tert-OH is 1. The van der Waals surface area contributed by atoms with E-state index in [1.54, 1.807) is 4.90 Å². The molecule has 6 nitrogen and oxygen atoms in total. The normalized spacial score (nSPS) is 31.1. The first kappa shape index (κ1) is 16.7. The lowest BCUT2D eigenvalue weighted by Gasteiger charge is -2.35. The van der Waals surface area contributed by atoms with Crippen molar-refractivity contribution < 1.29 is 18.3 Å². The number of rotatable bonds is 6. The molecule has 0 spiro atoms. The van der Waals surface area contributed by atoms with E-state index < -0.39 is 9.84 Å². The van der Waals surface area contributed by atoms with Gasteiger partial charge in [-0.1, -0.05) is 0 Å². The molecule has 1 heterocycles. The van der Waals surface area contributed by atoms with Crippen molar-refractivity contribution in [2.24, 2.45) is 5.92 Å². The summed E-state index contributed by atoms with van der Waals surface area (Å²) in [5, 5.41) is 9.28. The van der Waals surface area contributed by atoms with Crippen LogP contribution in [0.15, 0.2) is 0 Å². The van der Waals surface area contributed by atoms with Gasteiger partial charge in [0.1, 0.15) is 0 Å². The molecule has 2 rings (SSSR count). The second kappa shape index (κ2) is 6.62. The molecule has 7 heteroatoms. The summed E-state index contributed by atoms with van der Waals surface area (Å²) in [5.74, 6) is 0.768. The molecule has 122 valence electrons. The third kappa shape index (κ3) is 4.40. The number of aliphatic hydroxyl groups is 1. The highest BCUT2D eigenvalue weighted by Gasteiger charge is 2.34. The van der Waals surface area contributed by atoms with Gasteiger partial charge in [0.2, 0.25) is 5.91 Å². The Morgan fingerprint density at radius 2 is 2.00 bits per heavy atom. The zero-order valence-electron chi connectivity index (χ0n) is 12.9. The molecule has 1 saturated heterocycles. The van der Waals surface area contributed by atoms with Gasteiger partial charge < -0.3 is 10.0 Å². The van der Waals surface area contributed by atoms with E-state index in [1.165, 1.54) is 0 Å². The van der Waals surface area contributed by atoms with Crippen LogP contribution in [-0.4, -0.2) is 79.6 Å². The third-order valence-electron chi connectivity index (χ3n) is 4.50. The summed E-state index contributed by atoms with van der Waals surface area (Å²) in [6.45, 7) is 3.57. The summed E-state index contributed by atoms with van der Waals surface area (Å²) in [4.78, 5) is 16.1. The molecule has 1 unspecified atom stereocenters. The number of hydrogen-bond acceptors (Lipinski definition) is 5. The highest BCUT2D eigenvalue weighted by Crippen LogP contribution is 2.27. The molecule has 2 aliphatic rings. The topological polar surface area (TPSA) is 77.9 Å². The van der Waals surface area contributed by atoms with Crippen molar-refractivity contribution in [3.63, 3.8) is 0 Å². The van der Waals surface area contributed by atoms with Crippen LogP contribution in [0.3, 0.4) is 0 Å². The number of carbonyl (C=O) groups is 1. The number of nitrogens with zero attached hydrogens (tertiary/aromatic N) is 2. The van der Waals surface area contributed by atoms with Crippen LogP contribution in [0.1, 0.15) is 26.2 Å². The quantitative estimate of drug-likeness (QED) is 0.729. The summed E-state index contributed by atoms with van der Waals surface area (Å²) < 4.78 is 23.1. The van der Waals surface area contributed by atoms with Gasteiger partial charge in [-0.3, -0.25) is 9.69 Å². The molecule has 1 amide bonds. The van der Waals surface area contributed by atoms with Crippen molar-refractivity contribution in [3.8, 4) is 0 Å². The van der Waals surface area contributed by atoms with Crippen LogP contribution in [0.5, 0.6) is 0 Å². The highest BCUT2D eigenvalue weighted by molar-refractivity contribution is 7.91. The van der Waals surface area contributed by atoms with Gasteiger partial charge in [0.05, 0.1) is 24.2 Å². The lowest BCUT2D eigenvalue weighted by atomic mass is 9.82. The largest absolute Gasteiger partial charge is 0.393 e. The Balaban J connectivity index is 1.82. The molecule has 2 fully saturated rings. The van der Waals surface area contributed by atoms with Crippen LogP contribution in [0.2, 0.25) is 0 Å². The summed E-state index contributed by atoms with van der Waals surface area (Å²) in [6.07, 6.45) is 2.02. The van der Waals surface area contributed by atoms with E-state index >= 15 is 0 Å². The molecule has 0 radical (unpaired) electrons. The van der Waals surface area contributed by atoms with Crippen molar-refractivity contribution in [2.45, 2.75) is 38.3 Å². The van der Waals surface area contributed by atoms with Crippen LogP contribution in [0, 0.1) is 5.92 Å². The van der Waals surface area contributed by atoms with Crippen LogP contribution in [0.4, 0.5) is 0 Å². The molecular weight excluding hydrogens is 292 g/mol. The Hall–Kier alpha value is -0.660. The fourth-order valence-electron chi connectivity index (χ4n) is 3.34. The van der Waals surface area contributed by atoms with Crippen molar-refractivity contribution in [3.05, 3.63) is 0 Å². The van der Waals surface area contributed by atoms with E-state index in [1.807, 2.05) is 18.9 Å². The predicted molar refractivity (Wildman–Crippen MR) is 80.7 cm³/mol. The average molecular weight is 318 g/mol. The third-order valence-corrected chi connectivity index (χ3v) is 6.25. The monoisotopic (exact) mass is 318 g/mol. The van der Waals surface area contributed by atoms with Gasteiger partial charge in [-0.2, -0.15) is 0 Å². The Morgan fingerprint density at radius 3 is 2.48 bits per heavy atom. The van der Waals surface area contributed by atoms with Gasteiger partial charge >= 0.3 is 0 Å². The molecule has 1 aliphatic carbocycles. The summed E-state index contributed by atoms with van der Waals surface area (Å²) in [6, 6.07) is -0.161. The maximum absolute atomic E-state index is 12.4. The molecule has 1 N–H and O–H groups in total. The smallest absolute Gasteiger partial charge is 0.237 e. The van der Waals surface area contributed by atoms with E-state index in [0.29, 0.717) is 25.4 Å². The molecule has 21 heavy (non-hydrogen) atoms. The van der Waals surface area contributed by atoms with Crippen LogP contribution in [0.25, 0.3) is 0 Å². The average Bonchev–Trinajstić information content (AvgIpc) is 2.68. The minimum atomic E-state index is -2.97. The molecule has 1 aliphatic heterocycles. The van der Waals surface area contributed by atoms with Gasteiger partial charge in [-0.15, -0.1) is 0 Å². The van der Waals surface area contributed by atoms with Crippen LogP contribution < -0.4 is 0 Å². The first-order chi connectivity index (χ1) is 9.80. The number of hydrogen-bond donors (Lipinski definition) is 1. The Labute approximate surface area is 127 Å². The fourth-order valence-corrected chi connectivity index (χ4v) is 5.07. The molecule has 0 bridgehead atoms. The lowest BCUT2D eigenvalue weighted by molar-refractivity contribution is -0.134. The summed E-state index contributed by atoms with van der Waals surface area (Å²) in [7, 11) is -1.06. The first-order valence-corrected chi connectivity index (χ1v) is 9.49. The fraction of sp³-hybridized carbons (Fsp3) is 0.929. The second-order valence-electron chi connectivity index (χ2n) is 6.42. The predicted octanol–water partition coefficient (Wildman–Crippen LogP) is -0.275. The second-order valence-corrected chi connectivity index (χ2v) is 8.65. The molecule has 0 aromatic rings. The minimum Gasteiger partial charge on any atom is -0.393 e. The Morgan fingerprint density at radius 1 is 1.33 bits per heavy atom. The Bertz CT molecular complexity index is 473. The zero-order chi connectivity index (χ0) is 15.6. The van der Waals surface area contributed by atoms with E-state index in [2.05, 4.69) is 0 Å². The van der Waals surface area contributed by atoms with E-state index in [0.717, 1.165) is 19.4 Å². The minimum absolute atomic E-state index is 0.00183. The van der Waals surface area contributed by atoms with Gasteiger partial charge in [-0.25, -0.2) is 8.42 Å². The van der Waals surface area contributed by atoms with Gasteiger partial charge in [0, 0.05) is 19.1 Å². The summed E-state index contributed by atoms with van der Waals surface area (Å²) >= 11 is 0. The van der Waals surface area contributed by atoms with Crippen molar-refractivity contribution in [1.82, 2.24) is 9.80 Å². The van der Waals surface area contributed by atoms with Gasteiger partial charge in [-0.05, 0) is 39.2 Å².